The molecule has 88 valence electrons. The molecule has 0 unspecified atom stereocenters. The van der Waals surface area contributed by atoms with Crippen LogP contribution in [0.2, 0.25) is 5.02 Å². The van der Waals surface area contributed by atoms with Crippen LogP contribution in [-0.2, 0) is 6.42 Å². The zero-order chi connectivity index (χ0) is 11.5. The van der Waals surface area contributed by atoms with E-state index in [2.05, 4.69) is 18.0 Å². The third-order valence-corrected chi connectivity index (χ3v) is 3.82. The minimum Gasteiger partial charge on any atom is -0.397 e. The lowest BCUT2D eigenvalue weighted by atomic mass is 9.90. The molecule has 2 rings (SSSR count). The van der Waals surface area contributed by atoms with E-state index in [4.69, 9.17) is 17.3 Å². The number of rotatable bonds is 2. The highest BCUT2D eigenvalue weighted by Gasteiger charge is 2.18. The molecule has 0 aromatic heterocycles. The topological polar surface area (TPSA) is 29.3 Å². The van der Waals surface area contributed by atoms with Gasteiger partial charge >= 0.3 is 0 Å². The van der Waals surface area contributed by atoms with E-state index in [1.807, 2.05) is 12.1 Å². The van der Waals surface area contributed by atoms with Crippen LogP contribution in [0.4, 0.5) is 5.69 Å². The summed E-state index contributed by atoms with van der Waals surface area (Å²) < 4.78 is 0. The predicted molar refractivity (Wildman–Crippen MR) is 69.8 cm³/mol. The Hall–Kier alpha value is -0.730. The summed E-state index contributed by atoms with van der Waals surface area (Å²) in [6, 6.07) is 5.94. The number of hydrogen-bond donors (Lipinski definition) is 1. The second kappa shape index (κ2) is 5.07. The molecule has 1 aliphatic rings. The number of nitrogens with zero attached hydrogens (tertiary/aromatic N) is 1. The van der Waals surface area contributed by atoms with Gasteiger partial charge < -0.3 is 10.6 Å². The lowest BCUT2D eigenvalue weighted by Gasteiger charge is -2.29. The largest absolute Gasteiger partial charge is 0.397 e. The number of piperidine rings is 1. The van der Waals surface area contributed by atoms with Gasteiger partial charge in [-0.2, -0.15) is 0 Å². The third-order valence-electron chi connectivity index (χ3n) is 3.49. The second-order valence-electron chi connectivity index (χ2n) is 4.76. The maximum atomic E-state index is 6.02. The average molecular weight is 239 g/mol. The minimum atomic E-state index is 0.686. The molecule has 0 radical (unpaired) electrons. The minimum absolute atomic E-state index is 0.686. The highest BCUT2D eigenvalue weighted by atomic mass is 35.5. The number of halogens is 1. The van der Waals surface area contributed by atoms with Gasteiger partial charge in [0.1, 0.15) is 0 Å². The molecule has 0 aliphatic carbocycles. The van der Waals surface area contributed by atoms with Crippen LogP contribution in [0.1, 0.15) is 18.4 Å². The molecule has 3 heteroatoms. The molecule has 1 aromatic rings. The average Bonchev–Trinajstić information content (AvgIpc) is 2.28. The Kier molecular flexibility index (Phi) is 3.72. The van der Waals surface area contributed by atoms with Crippen LogP contribution >= 0.6 is 11.6 Å². The quantitative estimate of drug-likeness (QED) is 0.803. The molecule has 1 heterocycles. The summed E-state index contributed by atoms with van der Waals surface area (Å²) in [5.74, 6) is 0.761. The fourth-order valence-corrected chi connectivity index (χ4v) is 2.53. The zero-order valence-corrected chi connectivity index (χ0v) is 10.5. The number of hydrogen-bond acceptors (Lipinski definition) is 2. The molecular formula is C13H19ClN2. The van der Waals surface area contributed by atoms with Crippen molar-refractivity contribution in [2.45, 2.75) is 19.3 Å². The zero-order valence-electron chi connectivity index (χ0n) is 9.75. The Morgan fingerprint density at radius 3 is 2.75 bits per heavy atom. The van der Waals surface area contributed by atoms with E-state index in [1.54, 1.807) is 0 Å². The van der Waals surface area contributed by atoms with Crippen molar-refractivity contribution in [1.82, 2.24) is 4.90 Å². The van der Waals surface area contributed by atoms with Gasteiger partial charge in [-0.3, -0.25) is 0 Å². The Morgan fingerprint density at radius 1 is 1.38 bits per heavy atom. The van der Waals surface area contributed by atoms with Gasteiger partial charge in [0.05, 0.1) is 10.7 Å². The van der Waals surface area contributed by atoms with Gasteiger partial charge in [-0.05, 0) is 56.9 Å². The summed E-state index contributed by atoms with van der Waals surface area (Å²) >= 11 is 6.02. The van der Waals surface area contributed by atoms with Gasteiger partial charge in [0.25, 0.3) is 0 Å². The normalized spacial score (nSPS) is 18.9. The van der Waals surface area contributed by atoms with Crippen molar-refractivity contribution in [3.05, 3.63) is 28.8 Å². The van der Waals surface area contributed by atoms with Crippen molar-refractivity contribution in [2.75, 3.05) is 25.9 Å². The highest BCUT2D eigenvalue weighted by Crippen LogP contribution is 2.27. The van der Waals surface area contributed by atoms with E-state index in [0.717, 1.165) is 18.0 Å². The van der Waals surface area contributed by atoms with Crippen molar-refractivity contribution in [3.63, 3.8) is 0 Å². The van der Waals surface area contributed by atoms with Crippen LogP contribution in [0.15, 0.2) is 18.2 Å². The predicted octanol–water partition coefficient (Wildman–Crippen LogP) is 2.81. The first-order valence-corrected chi connectivity index (χ1v) is 6.26. The van der Waals surface area contributed by atoms with E-state index in [0.29, 0.717) is 5.02 Å². The molecule has 0 atom stereocenters. The van der Waals surface area contributed by atoms with Crippen LogP contribution in [0.25, 0.3) is 0 Å². The molecule has 1 aromatic carbocycles. The molecule has 0 spiro atoms. The van der Waals surface area contributed by atoms with Crippen molar-refractivity contribution in [1.29, 1.82) is 0 Å². The molecule has 16 heavy (non-hydrogen) atoms. The summed E-state index contributed by atoms with van der Waals surface area (Å²) in [4.78, 5) is 2.39. The van der Waals surface area contributed by atoms with Crippen LogP contribution in [0.5, 0.6) is 0 Å². The van der Waals surface area contributed by atoms with E-state index in [9.17, 15) is 0 Å². The lowest BCUT2D eigenvalue weighted by Crippen LogP contribution is -2.31. The maximum absolute atomic E-state index is 6.02. The number of anilines is 1. The fraction of sp³-hybridized carbons (Fsp3) is 0.538. The smallest absolute Gasteiger partial charge is 0.0638 e. The summed E-state index contributed by atoms with van der Waals surface area (Å²) in [6.45, 7) is 2.40. The second-order valence-corrected chi connectivity index (χ2v) is 5.17. The van der Waals surface area contributed by atoms with Gasteiger partial charge in [0, 0.05) is 0 Å². The van der Waals surface area contributed by atoms with Gasteiger partial charge in [0.2, 0.25) is 0 Å². The number of para-hydroxylation sites is 1. The first kappa shape index (κ1) is 11.7. The maximum Gasteiger partial charge on any atom is 0.0638 e. The molecule has 1 fully saturated rings. The van der Waals surface area contributed by atoms with E-state index < -0.39 is 0 Å². The van der Waals surface area contributed by atoms with Gasteiger partial charge in [-0.25, -0.2) is 0 Å². The monoisotopic (exact) mass is 238 g/mol. The van der Waals surface area contributed by atoms with Crippen LogP contribution < -0.4 is 5.73 Å². The van der Waals surface area contributed by atoms with E-state index in [-0.39, 0.29) is 0 Å². The number of likely N-dealkylation sites (tertiary alicyclic amines) is 1. The molecule has 0 bridgehead atoms. The molecule has 1 saturated heterocycles. The summed E-state index contributed by atoms with van der Waals surface area (Å²) in [7, 11) is 2.18. The highest BCUT2D eigenvalue weighted by molar-refractivity contribution is 6.33. The molecule has 1 aliphatic heterocycles. The molecule has 2 nitrogen and oxygen atoms in total. The fourth-order valence-electron chi connectivity index (χ4n) is 2.34. The Morgan fingerprint density at radius 2 is 2.06 bits per heavy atom. The van der Waals surface area contributed by atoms with Crippen molar-refractivity contribution in [2.24, 2.45) is 5.92 Å². The van der Waals surface area contributed by atoms with Crippen molar-refractivity contribution < 1.29 is 0 Å². The number of nitrogens with two attached hydrogens (primary N) is 1. The summed E-state index contributed by atoms with van der Waals surface area (Å²) in [6.07, 6.45) is 3.60. The Labute approximate surface area is 102 Å². The summed E-state index contributed by atoms with van der Waals surface area (Å²) in [5, 5.41) is 0.686. The van der Waals surface area contributed by atoms with E-state index in [1.165, 1.54) is 31.5 Å². The van der Waals surface area contributed by atoms with Gasteiger partial charge in [-0.1, -0.05) is 23.7 Å². The number of benzene rings is 1. The Bertz CT molecular complexity index is 357. The first-order valence-electron chi connectivity index (χ1n) is 5.88. The molecular weight excluding hydrogens is 220 g/mol. The van der Waals surface area contributed by atoms with Crippen molar-refractivity contribution >= 4 is 17.3 Å². The van der Waals surface area contributed by atoms with Crippen LogP contribution in [0, 0.1) is 5.92 Å². The van der Waals surface area contributed by atoms with Crippen LogP contribution in [0.3, 0.4) is 0 Å². The molecule has 0 saturated carbocycles. The van der Waals surface area contributed by atoms with Crippen LogP contribution in [-0.4, -0.2) is 25.0 Å². The lowest BCUT2D eigenvalue weighted by molar-refractivity contribution is 0.219. The van der Waals surface area contributed by atoms with E-state index >= 15 is 0 Å². The first-order chi connectivity index (χ1) is 7.66. The SMILES string of the molecule is CN1CCC(Cc2cccc(Cl)c2N)CC1. The standard InChI is InChI=1S/C13H19ClN2/c1-16-7-5-10(6-8-16)9-11-3-2-4-12(14)13(11)15/h2-4,10H,5-9,15H2,1H3. The van der Waals surface area contributed by atoms with Gasteiger partial charge in [0.15, 0.2) is 0 Å². The Balaban J connectivity index is 2.01. The number of nitrogen functional groups attached to an aromatic ring is 1. The molecule has 0 amide bonds. The summed E-state index contributed by atoms with van der Waals surface area (Å²) in [5.41, 5.74) is 7.96. The van der Waals surface area contributed by atoms with Gasteiger partial charge in [-0.15, -0.1) is 0 Å². The molecule has 2 N–H and O–H groups in total. The third kappa shape index (κ3) is 2.69. The van der Waals surface area contributed by atoms with Crippen molar-refractivity contribution in [3.8, 4) is 0 Å².